The van der Waals surface area contributed by atoms with Crippen LogP contribution in [0.5, 0.6) is 0 Å². The molecule has 0 spiro atoms. The van der Waals surface area contributed by atoms with Crippen molar-refractivity contribution in [3.05, 3.63) is 70.6 Å². The molecule has 4 heterocycles. The molecule has 1 saturated carbocycles. The van der Waals surface area contributed by atoms with Gasteiger partial charge in [0.1, 0.15) is 11.3 Å². The second-order valence-electron chi connectivity index (χ2n) is 10.1. The van der Waals surface area contributed by atoms with Gasteiger partial charge in [-0.25, -0.2) is 23.7 Å². The number of nitrogens with one attached hydrogen (secondary N) is 1. The highest BCUT2D eigenvalue weighted by molar-refractivity contribution is 7.13. The fraction of sp³-hybridized carbons (Fsp3) is 0.321. The number of hydrogen-bond donors (Lipinski definition) is 2. The molecule has 0 saturated heterocycles. The Morgan fingerprint density at radius 2 is 1.93 bits per heavy atom. The van der Waals surface area contributed by atoms with Crippen LogP contribution < -0.4 is 5.32 Å². The van der Waals surface area contributed by atoms with Crippen LogP contribution in [-0.2, 0) is 11.2 Å². The van der Waals surface area contributed by atoms with Crippen molar-refractivity contribution in [2.24, 2.45) is 0 Å². The van der Waals surface area contributed by atoms with Crippen molar-refractivity contribution >= 4 is 34.2 Å². The van der Waals surface area contributed by atoms with E-state index in [1.54, 1.807) is 18.6 Å². The van der Waals surface area contributed by atoms with Crippen LogP contribution in [0.2, 0.25) is 0 Å². The van der Waals surface area contributed by atoms with Crippen LogP contribution in [0.25, 0.3) is 28.2 Å². The van der Waals surface area contributed by atoms with Gasteiger partial charge in [-0.05, 0) is 37.7 Å². The molecule has 1 fully saturated rings. The van der Waals surface area contributed by atoms with E-state index in [-0.39, 0.29) is 28.4 Å². The van der Waals surface area contributed by atoms with Crippen molar-refractivity contribution < 1.29 is 23.5 Å². The van der Waals surface area contributed by atoms with E-state index in [9.17, 15) is 23.5 Å². The minimum absolute atomic E-state index is 0.0102. The van der Waals surface area contributed by atoms with Crippen molar-refractivity contribution in [1.82, 2.24) is 39.8 Å². The molecule has 216 valence electrons. The first-order chi connectivity index (χ1) is 20.4. The van der Waals surface area contributed by atoms with Gasteiger partial charge in [0.25, 0.3) is 12.3 Å². The number of pyridine rings is 1. The van der Waals surface area contributed by atoms with Crippen LogP contribution in [0, 0.1) is 0 Å². The molecule has 0 bridgehead atoms. The van der Waals surface area contributed by atoms with E-state index >= 15 is 0 Å². The first-order valence-electron chi connectivity index (χ1n) is 13.5. The van der Waals surface area contributed by atoms with E-state index < -0.39 is 18.3 Å². The van der Waals surface area contributed by atoms with Crippen molar-refractivity contribution in [2.75, 3.05) is 0 Å². The maximum Gasteiger partial charge on any atom is 0.303 e. The Morgan fingerprint density at radius 3 is 2.69 bits per heavy atom. The molecule has 1 amide bonds. The number of aliphatic carboxylic acids is 1. The summed E-state index contributed by atoms with van der Waals surface area (Å²) in [4.78, 5) is 38.8. The average molecular weight is 593 g/mol. The van der Waals surface area contributed by atoms with Gasteiger partial charge in [0.2, 0.25) is 0 Å². The molecule has 1 aromatic carbocycles. The zero-order valence-electron chi connectivity index (χ0n) is 22.2. The van der Waals surface area contributed by atoms with Gasteiger partial charge in [-0.3, -0.25) is 9.59 Å². The number of rotatable bonds is 9. The number of nitrogens with zero attached hydrogens (tertiary/aromatic N) is 7. The summed E-state index contributed by atoms with van der Waals surface area (Å²) < 4.78 is 28.2. The van der Waals surface area contributed by atoms with Crippen molar-refractivity contribution in [1.29, 1.82) is 0 Å². The summed E-state index contributed by atoms with van der Waals surface area (Å²) >= 11 is 0.695. The zero-order chi connectivity index (χ0) is 29.2. The van der Waals surface area contributed by atoms with Crippen LogP contribution in [0.1, 0.15) is 64.8 Å². The predicted octanol–water partition coefficient (Wildman–Crippen LogP) is 5.00. The van der Waals surface area contributed by atoms with E-state index in [0.29, 0.717) is 41.3 Å². The molecule has 0 aliphatic heterocycles. The summed E-state index contributed by atoms with van der Waals surface area (Å²) in [6.07, 6.45) is 6.42. The molecule has 2 atom stereocenters. The van der Waals surface area contributed by atoms with Gasteiger partial charge in [0.15, 0.2) is 10.8 Å². The second-order valence-corrected chi connectivity index (χ2v) is 11.1. The number of carboxylic acids is 1. The summed E-state index contributed by atoms with van der Waals surface area (Å²) in [7, 11) is 0. The number of aryl methyl sites for hydroxylation is 1. The summed E-state index contributed by atoms with van der Waals surface area (Å²) in [6, 6.07) is 9.19. The van der Waals surface area contributed by atoms with E-state index in [4.69, 9.17) is 4.98 Å². The molecule has 2 unspecified atom stereocenters. The molecule has 11 nitrogen and oxygen atoms in total. The van der Waals surface area contributed by atoms with E-state index in [1.807, 2.05) is 30.3 Å². The van der Waals surface area contributed by atoms with Crippen LogP contribution in [0.4, 0.5) is 8.78 Å². The fourth-order valence-electron chi connectivity index (χ4n) is 5.46. The Kier molecular flexibility index (Phi) is 7.69. The van der Waals surface area contributed by atoms with E-state index in [0.717, 1.165) is 42.1 Å². The lowest BCUT2D eigenvalue weighted by atomic mass is 9.90. The second kappa shape index (κ2) is 11.7. The Balaban J connectivity index is 1.38. The van der Waals surface area contributed by atoms with Gasteiger partial charge < -0.3 is 15.0 Å². The summed E-state index contributed by atoms with van der Waals surface area (Å²) in [6.45, 7) is 0. The third-order valence-corrected chi connectivity index (χ3v) is 8.33. The highest BCUT2D eigenvalue weighted by Gasteiger charge is 2.30. The first kappa shape index (κ1) is 27.6. The summed E-state index contributed by atoms with van der Waals surface area (Å²) in [5, 5.41) is 20.7. The normalized spacial score (nSPS) is 17.1. The lowest BCUT2D eigenvalue weighted by Gasteiger charge is -2.32. The average Bonchev–Trinajstić information content (AvgIpc) is 3.76. The minimum atomic E-state index is -2.68. The van der Waals surface area contributed by atoms with E-state index in [1.165, 1.54) is 4.80 Å². The molecule has 2 N–H and O–H groups in total. The van der Waals surface area contributed by atoms with Crippen molar-refractivity contribution in [3.63, 3.8) is 0 Å². The fourth-order valence-corrected chi connectivity index (χ4v) is 6.13. The van der Waals surface area contributed by atoms with Crippen LogP contribution in [0.3, 0.4) is 0 Å². The van der Waals surface area contributed by atoms with E-state index in [2.05, 4.69) is 30.0 Å². The highest BCUT2D eigenvalue weighted by Crippen LogP contribution is 2.38. The predicted molar refractivity (Wildman–Crippen MR) is 150 cm³/mol. The molecule has 42 heavy (non-hydrogen) atoms. The number of thiazole rings is 1. The van der Waals surface area contributed by atoms with Crippen LogP contribution in [0.15, 0.2) is 55.1 Å². The number of fused-ring (bicyclic) bond motifs is 1. The molecule has 6 rings (SSSR count). The first-order valence-corrected chi connectivity index (χ1v) is 14.3. The number of alkyl halides is 2. The molecule has 5 aromatic rings. The number of benzene rings is 1. The van der Waals surface area contributed by atoms with Crippen molar-refractivity contribution in [2.45, 2.75) is 57.0 Å². The molecule has 0 radical (unpaired) electrons. The Labute approximate surface area is 242 Å². The number of halogens is 2. The summed E-state index contributed by atoms with van der Waals surface area (Å²) in [5.74, 6) is -0.162. The van der Waals surface area contributed by atoms with Gasteiger partial charge in [-0.2, -0.15) is 10.2 Å². The maximum atomic E-state index is 13.0. The Hall–Kier alpha value is -4.59. The monoisotopic (exact) mass is 592 g/mol. The number of carbonyl (C=O) groups excluding carboxylic acids is 1. The largest absolute Gasteiger partial charge is 0.481 e. The summed E-state index contributed by atoms with van der Waals surface area (Å²) in [5.41, 5.74) is 3.14. The smallest absolute Gasteiger partial charge is 0.303 e. The molecule has 1 aliphatic carbocycles. The Bertz CT molecular complexity index is 1740. The highest BCUT2D eigenvalue weighted by atomic mass is 32.1. The quantitative estimate of drug-likeness (QED) is 0.244. The third-order valence-electron chi connectivity index (χ3n) is 7.33. The Morgan fingerprint density at radius 1 is 1.12 bits per heavy atom. The number of amides is 1. The molecule has 4 aromatic heterocycles. The van der Waals surface area contributed by atoms with Gasteiger partial charge in [0, 0.05) is 36.3 Å². The van der Waals surface area contributed by atoms with Crippen LogP contribution >= 0.6 is 11.3 Å². The molecule has 14 heteroatoms. The minimum Gasteiger partial charge on any atom is -0.481 e. The van der Waals surface area contributed by atoms with Gasteiger partial charge in [0.05, 0.1) is 29.0 Å². The SMILES string of the molecule is O=C(O)CCc1ccccc1-c1nc2cnc(-n3nccn3)cc2n1C1CCCC(NC(=O)c2ncc(C(F)F)s2)C1. The number of hydrogen-bond acceptors (Lipinski definition) is 8. The third kappa shape index (κ3) is 5.62. The standard InChI is InChI=1S/C28H26F2N8O3S/c29-25(30)22-15-32-28(42-22)27(41)35-17-5-3-6-18(12-17)37-21-13-23(38-33-10-11-34-38)31-14-20(21)36-26(37)19-7-2-1-4-16(19)8-9-24(39)40/h1-2,4,7,10-11,13-15,17-18,25H,3,5-6,8-9,12H2,(H,35,41)(H,39,40). The zero-order valence-corrected chi connectivity index (χ0v) is 23.0. The topological polar surface area (TPSA) is 141 Å². The lowest BCUT2D eigenvalue weighted by Crippen LogP contribution is -2.39. The number of carboxylic acid groups (broad SMARTS) is 1. The number of carbonyl (C=O) groups is 2. The van der Waals surface area contributed by atoms with Gasteiger partial charge in [-0.1, -0.05) is 24.3 Å². The maximum absolute atomic E-state index is 13.0. The number of imidazole rings is 1. The van der Waals surface area contributed by atoms with Gasteiger partial charge in [-0.15, -0.1) is 16.1 Å². The van der Waals surface area contributed by atoms with Crippen molar-refractivity contribution in [3.8, 4) is 17.2 Å². The number of aromatic nitrogens is 7. The van der Waals surface area contributed by atoms with Gasteiger partial charge >= 0.3 is 5.97 Å². The molecule has 1 aliphatic rings. The van der Waals surface area contributed by atoms with Crippen LogP contribution in [-0.4, -0.2) is 57.5 Å². The lowest BCUT2D eigenvalue weighted by molar-refractivity contribution is -0.136. The molecular weight excluding hydrogens is 566 g/mol. The molecular formula is C28H26F2N8O3S.